The average Bonchev–Trinajstić information content (AvgIpc) is 3.56. The molecule has 2 heterocycles. The summed E-state index contributed by atoms with van der Waals surface area (Å²) >= 11 is 0. The lowest BCUT2D eigenvalue weighted by Gasteiger charge is -2.35. The fraction of sp³-hybridized carbons (Fsp3) is 0.485. The van der Waals surface area contributed by atoms with Crippen LogP contribution >= 0.6 is 0 Å². The molecule has 4 atom stereocenters. The topological polar surface area (TPSA) is 85.7 Å². The second-order valence-corrected chi connectivity index (χ2v) is 12.5. The Balaban J connectivity index is 1.20. The largest absolute Gasteiger partial charge is 0.444 e. The number of benzene rings is 2. The third-order valence-electron chi connectivity index (χ3n) is 8.32. The summed E-state index contributed by atoms with van der Waals surface area (Å²) in [5, 5.41) is 12.6. The summed E-state index contributed by atoms with van der Waals surface area (Å²) in [6.45, 7) is 7.98. The Bertz CT molecular complexity index is 1350. The molecule has 41 heavy (non-hydrogen) atoms. The van der Waals surface area contributed by atoms with Crippen molar-refractivity contribution in [3.05, 3.63) is 77.1 Å². The number of rotatable bonds is 7. The number of carbonyl (C=O) groups is 2. The van der Waals surface area contributed by atoms with Gasteiger partial charge in [-0.25, -0.2) is 9.18 Å². The van der Waals surface area contributed by atoms with Crippen molar-refractivity contribution in [2.45, 2.75) is 83.1 Å². The van der Waals surface area contributed by atoms with Crippen LogP contribution in [0.25, 0.3) is 5.57 Å². The summed E-state index contributed by atoms with van der Waals surface area (Å²) in [5.74, 6) is -0.728. The molecule has 3 aliphatic rings. The molecule has 1 saturated carbocycles. The summed E-state index contributed by atoms with van der Waals surface area (Å²) in [6.07, 6.45) is 4.99. The van der Waals surface area contributed by atoms with Crippen molar-refractivity contribution < 1.29 is 18.7 Å². The van der Waals surface area contributed by atoms with E-state index < -0.39 is 23.8 Å². The minimum Gasteiger partial charge on any atom is -0.444 e. The molecule has 0 radical (unpaired) electrons. The standard InChI is InChI=1S/C33H39FN4O3/c1-33(2,3)41-32(40)38-28-12-11-26(18-28)30(38)31(39)36-27(20-35)17-25-10-9-24(19-29(25)34)23-13-15-37(16-14-23)21-22-7-5-4-6-8-22/h4-10,13,19,26-28,30H,11-12,14-18,21H2,1-3H3,(H,36,39). The van der Waals surface area contributed by atoms with Gasteiger partial charge in [0, 0.05) is 32.1 Å². The van der Waals surface area contributed by atoms with Crippen LogP contribution in [0.15, 0.2) is 54.6 Å². The molecule has 2 bridgehead atoms. The Labute approximate surface area is 242 Å². The summed E-state index contributed by atoms with van der Waals surface area (Å²) in [7, 11) is 0. The van der Waals surface area contributed by atoms with Crippen molar-refractivity contribution in [2.24, 2.45) is 5.92 Å². The van der Waals surface area contributed by atoms with E-state index in [0.29, 0.717) is 5.56 Å². The maximum Gasteiger partial charge on any atom is 0.411 e. The van der Waals surface area contributed by atoms with Gasteiger partial charge in [-0.1, -0.05) is 48.5 Å². The molecule has 5 rings (SSSR count). The van der Waals surface area contributed by atoms with Crippen LogP contribution in [0.2, 0.25) is 0 Å². The molecule has 7 nitrogen and oxygen atoms in total. The maximum atomic E-state index is 15.2. The van der Waals surface area contributed by atoms with Crippen molar-refractivity contribution in [2.75, 3.05) is 13.1 Å². The van der Waals surface area contributed by atoms with Gasteiger partial charge in [0.2, 0.25) is 5.91 Å². The zero-order chi connectivity index (χ0) is 29.1. The van der Waals surface area contributed by atoms with E-state index in [9.17, 15) is 14.9 Å². The minimum absolute atomic E-state index is 0.0318. The van der Waals surface area contributed by atoms with Crippen molar-refractivity contribution in [3.8, 4) is 6.07 Å². The molecule has 2 fully saturated rings. The van der Waals surface area contributed by atoms with E-state index in [1.807, 2.05) is 24.3 Å². The van der Waals surface area contributed by atoms with E-state index in [2.05, 4.69) is 34.5 Å². The number of amides is 2. The molecule has 2 amide bonds. The van der Waals surface area contributed by atoms with E-state index in [1.54, 1.807) is 31.7 Å². The van der Waals surface area contributed by atoms with Gasteiger partial charge in [0.25, 0.3) is 0 Å². The van der Waals surface area contributed by atoms with E-state index in [1.165, 1.54) is 11.6 Å². The first-order chi connectivity index (χ1) is 19.6. The molecule has 2 aliphatic heterocycles. The van der Waals surface area contributed by atoms with Gasteiger partial charge in [0.1, 0.15) is 23.5 Å². The van der Waals surface area contributed by atoms with Crippen LogP contribution < -0.4 is 5.32 Å². The molecule has 8 heteroatoms. The Hall–Kier alpha value is -3.70. The highest BCUT2D eigenvalue weighted by atomic mass is 19.1. The van der Waals surface area contributed by atoms with Crippen molar-refractivity contribution in [1.82, 2.24) is 15.1 Å². The maximum absolute atomic E-state index is 15.2. The van der Waals surface area contributed by atoms with Crippen LogP contribution in [-0.2, 0) is 22.5 Å². The number of nitriles is 1. The molecule has 1 saturated heterocycles. The monoisotopic (exact) mass is 558 g/mol. The second-order valence-electron chi connectivity index (χ2n) is 12.5. The van der Waals surface area contributed by atoms with Crippen molar-refractivity contribution in [3.63, 3.8) is 0 Å². The Kier molecular flexibility index (Phi) is 8.46. The lowest BCUT2D eigenvalue weighted by Crippen LogP contribution is -2.55. The first-order valence-corrected chi connectivity index (χ1v) is 14.6. The number of hydrogen-bond acceptors (Lipinski definition) is 5. The van der Waals surface area contributed by atoms with Crippen LogP contribution in [0.3, 0.4) is 0 Å². The first kappa shape index (κ1) is 28.8. The molecule has 1 aliphatic carbocycles. The van der Waals surface area contributed by atoms with Crippen molar-refractivity contribution >= 4 is 17.6 Å². The highest BCUT2D eigenvalue weighted by Crippen LogP contribution is 2.43. The highest BCUT2D eigenvalue weighted by Gasteiger charge is 2.52. The van der Waals surface area contributed by atoms with E-state index >= 15 is 4.39 Å². The van der Waals surface area contributed by atoms with Gasteiger partial charge in [-0.2, -0.15) is 5.26 Å². The fourth-order valence-electron chi connectivity index (χ4n) is 6.38. The third kappa shape index (κ3) is 6.79. The van der Waals surface area contributed by atoms with E-state index in [-0.39, 0.29) is 30.1 Å². The van der Waals surface area contributed by atoms with Crippen LogP contribution in [0.1, 0.15) is 63.1 Å². The molecule has 216 valence electrons. The smallest absolute Gasteiger partial charge is 0.411 e. The second kappa shape index (κ2) is 12.0. The number of hydrogen-bond donors (Lipinski definition) is 1. The number of piperidine rings is 1. The Morgan fingerprint density at radius 1 is 1.17 bits per heavy atom. The van der Waals surface area contributed by atoms with Crippen LogP contribution in [0.4, 0.5) is 9.18 Å². The van der Waals surface area contributed by atoms with Gasteiger partial charge in [-0.15, -0.1) is 0 Å². The molecule has 0 aromatic heterocycles. The predicted molar refractivity (Wildman–Crippen MR) is 155 cm³/mol. The molecule has 2 aromatic rings. The first-order valence-electron chi connectivity index (χ1n) is 14.6. The molecule has 4 unspecified atom stereocenters. The number of halogens is 1. The lowest BCUT2D eigenvalue weighted by atomic mass is 9.95. The van der Waals surface area contributed by atoms with Crippen LogP contribution in [-0.4, -0.2) is 58.6 Å². The summed E-state index contributed by atoms with van der Waals surface area (Å²) in [4.78, 5) is 30.2. The SMILES string of the molecule is CC(C)(C)OC(=O)N1C2CCC(C2)C1C(=O)NC(C#N)Cc1ccc(C2=CCN(Cc3ccccc3)CC2)cc1F. The molecule has 2 aromatic carbocycles. The normalized spacial score (nSPS) is 23.0. The Morgan fingerprint density at radius 3 is 2.61 bits per heavy atom. The fourth-order valence-corrected chi connectivity index (χ4v) is 6.38. The molecule has 1 N–H and O–H groups in total. The van der Waals surface area contributed by atoms with Crippen LogP contribution in [0, 0.1) is 23.1 Å². The number of nitrogens with one attached hydrogen (secondary N) is 1. The van der Waals surface area contributed by atoms with Gasteiger partial charge in [0.15, 0.2) is 0 Å². The minimum atomic E-state index is -0.914. The number of carbonyl (C=O) groups excluding carboxylic acids is 2. The quantitative estimate of drug-likeness (QED) is 0.488. The van der Waals surface area contributed by atoms with E-state index in [4.69, 9.17) is 4.74 Å². The molecular weight excluding hydrogens is 519 g/mol. The van der Waals surface area contributed by atoms with Crippen molar-refractivity contribution in [1.29, 1.82) is 5.26 Å². The van der Waals surface area contributed by atoms with Crippen LogP contribution in [0.5, 0.6) is 0 Å². The number of nitrogens with zero attached hydrogens (tertiary/aromatic N) is 3. The lowest BCUT2D eigenvalue weighted by molar-refractivity contribution is -0.128. The third-order valence-corrected chi connectivity index (χ3v) is 8.32. The Morgan fingerprint density at radius 2 is 1.95 bits per heavy atom. The molecule has 0 spiro atoms. The summed E-state index contributed by atoms with van der Waals surface area (Å²) in [6, 6.07) is 16.0. The van der Waals surface area contributed by atoms with Gasteiger partial charge in [-0.3, -0.25) is 14.6 Å². The highest BCUT2D eigenvalue weighted by molar-refractivity contribution is 5.87. The van der Waals surface area contributed by atoms with Gasteiger partial charge >= 0.3 is 6.09 Å². The average molecular weight is 559 g/mol. The predicted octanol–water partition coefficient (Wildman–Crippen LogP) is 5.45. The van der Waals surface area contributed by atoms with Gasteiger partial charge in [-0.05, 0) is 80.7 Å². The van der Waals surface area contributed by atoms with Gasteiger partial charge < -0.3 is 10.1 Å². The zero-order valence-electron chi connectivity index (χ0n) is 24.1. The number of likely N-dealkylation sites (tertiary alicyclic amines) is 1. The number of ether oxygens (including phenoxy) is 1. The van der Waals surface area contributed by atoms with Gasteiger partial charge in [0.05, 0.1) is 6.07 Å². The number of fused-ring (bicyclic) bond motifs is 2. The summed E-state index contributed by atoms with van der Waals surface area (Å²) in [5.41, 5.74) is 2.94. The molecular formula is C33H39FN4O3. The summed E-state index contributed by atoms with van der Waals surface area (Å²) < 4.78 is 20.8. The van der Waals surface area contributed by atoms with E-state index in [0.717, 1.165) is 56.5 Å². The zero-order valence-corrected chi connectivity index (χ0v) is 24.1.